The van der Waals surface area contributed by atoms with Gasteiger partial charge >= 0.3 is 0 Å². The Morgan fingerprint density at radius 3 is 2.95 bits per heavy atom. The molecule has 0 fully saturated rings. The van der Waals surface area contributed by atoms with E-state index in [1.54, 1.807) is 11.3 Å². The second-order valence-electron chi connectivity index (χ2n) is 4.29. The first kappa shape index (κ1) is 12.6. The number of aromatic nitrogens is 2. The van der Waals surface area contributed by atoms with Gasteiger partial charge in [0.25, 0.3) is 0 Å². The Morgan fingerprint density at radius 2 is 2.16 bits per heavy atom. The largest absolute Gasteiger partial charge is 0.345 e. The van der Waals surface area contributed by atoms with Crippen molar-refractivity contribution in [2.75, 3.05) is 11.9 Å². The van der Waals surface area contributed by atoms with E-state index in [4.69, 9.17) is 0 Å². The highest BCUT2D eigenvalue weighted by atomic mass is 79.9. The summed E-state index contributed by atoms with van der Waals surface area (Å²) in [5, 5.41) is 1.01. The topological polar surface area (TPSA) is 29.0 Å². The summed E-state index contributed by atoms with van der Waals surface area (Å²) in [6.45, 7) is 0.766. The predicted octanol–water partition coefficient (Wildman–Crippen LogP) is 4.09. The summed E-state index contributed by atoms with van der Waals surface area (Å²) in [4.78, 5) is 11.1. The summed E-state index contributed by atoms with van der Waals surface area (Å²) >= 11 is 5.18. The SMILES string of the molecule is CN(Cc1ccccn1)c1nc2ccc(Br)cc2s1. The molecule has 0 unspecified atom stereocenters. The normalized spacial score (nSPS) is 10.8. The summed E-state index contributed by atoms with van der Waals surface area (Å²) < 4.78 is 2.28. The van der Waals surface area contributed by atoms with Crippen LogP contribution in [0.1, 0.15) is 5.69 Å². The molecular weight excluding hydrogens is 322 g/mol. The first-order valence-electron chi connectivity index (χ1n) is 5.89. The Labute approximate surface area is 124 Å². The molecule has 0 radical (unpaired) electrons. The van der Waals surface area contributed by atoms with Gasteiger partial charge < -0.3 is 4.90 Å². The number of pyridine rings is 1. The van der Waals surface area contributed by atoms with Crippen molar-refractivity contribution in [2.24, 2.45) is 0 Å². The zero-order valence-corrected chi connectivity index (χ0v) is 12.8. The van der Waals surface area contributed by atoms with Gasteiger partial charge in [-0.15, -0.1) is 0 Å². The maximum Gasteiger partial charge on any atom is 0.186 e. The van der Waals surface area contributed by atoms with Crippen LogP contribution in [0.5, 0.6) is 0 Å². The van der Waals surface area contributed by atoms with Crippen molar-refractivity contribution in [2.45, 2.75) is 6.54 Å². The smallest absolute Gasteiger partial charge is 0.186 e. The third-order valence-corrected chi connectivity index (χ3v) is 4.42. The maximum atomic E-state index is 4.65. The van der Waals surface area contributed by atoms with Gasteiger partial charge in [0.2, 0.25) is 0 Å². The molecule has 5 heteroatoms. The Morgan fingerprint density at radius 1 is 1.26 bits per heavy atom. The van der Waals surface area contributed by atoms with Gasteiger partial charge in [0.15, 0.2) is 5.13 Å². The molecule has 0 saturated heterocycles. The van der Waals surface area contributed by atoms with Crippen LogP contribution in [-0.2, 0) is 6.54 Å². The third-order valence-electron chi connectivity index (χ3n) is 2.79. The minimum atomic E-state index is 0.766. The summed E-state index contributed by atoms with van der Waals surface area (Å²) in [7, 11) is 2.04. The highest BCUT2D eigenvalue weighted by Gasteiger charge is 2.09. The van der Waals surface area contributed by atoms with Crippen LogP contribution in [0.2, 0.25) is 0 Å². The molecule has 0 spiro atoms. The lowest BCUT2D eigenvalue weighted by Gasteiger charge is -2.14. The number of rotatable bonds is 3. The van der Waals surface area contributed by atoms with Crippen LogP contribution < -0.4 is 4.90 Å². The molecule has 2 heterocycles. The second kappa shape index (κ2) is 5.27. The fourth-order valence-corrected chi connectivity index (χ4v) is 3.33. The fourth-order valence-electron chi connectivity index (χ4n) is 1.85. The summed E-state index contributed by atoms with van der Waals surface area (Å²) in [6, 6.07) is 12.1. The highest BCUT2D eigenvalue weighted by molar-refractivity contribution is 9.10. The molecule has 96 valence electrons. The minimum Gasteiger partial charge on any atom is -0.345 e. The number of nitrogens with zero attached hydrogens (tertiary/aromatic N) is 3. The predicted molar refractivity (Wildman–Crippen MR) is 83.7 cm³/mol. The van der Waals surface area contributed by atoms with E-state index in [1.807, 2.05) is 43.6 Å². The van der Waals surface area contributed by atoms with Crippen LogP contribution in [0.15, 0.2) is 47.1 Å². The van der Waals surface area contributed by atoms with Gasteiger partial charge in [-0.1, -0.05) is 33.3 Å². The van der Waals surface area contributed by atoms with E-state index in [1.165, 1.54) is 4.70 Å². The fraction of sp³-hybridized carbons (Fsp3) is 0.143. The van der Waals surface area contributed by atoms with Gasteiger partial charge in [-0.05, 0) is 30.3 Å². The van der Waals surface area contributed by atoms with Crippen molar-refractivity contribution in [3.63, 3.8) is 0 Å². The standard InChI is InChI=1S/C14H12BrN3S/c1-18(9-11-4-2-3-7-16-11)14-17-12-6-5-10(15)8-13(12)19-14/h2-8H,9H2,1H3. The Balaban J connectivity index is 1.87. The molecule has 0 bridgehead atoms. The van der Waals surface area contributed by atoms with Crippen LogP contribution in [-0.4, -0.2) is 17.0 Å². The zero-order chi connectivity index (χ0) is 13.2. The molecule has 0 amide bonds. The summed E-state index contributed by atoms with van der Waals surface area (Å²) in [5.74, 6) is 0. The maximum absolute atomic E-state index is 4.65. The number of anilines is 1. The van der Waals surface area contributed by atoms with E-state index in [2.05, 4.69) is 36.9 Å². The van der Waals surface area contributed by atoms with E-state index in [9.17, 15) is 0 Å². The van der Waals surface area contributed by atoms with Crippen molar-refractivity contribution in [1.29, 1.82) is 0 Å². The highest BCUT2D eigenvalue weighted by Crippen LogP contribution is 2.30. The van der Waals surface area contributed by atoms with Gasteiger partial charge in [-0.3, -0.25) is 4.98 Å². The van der Waals surface area contributed by atoms with Crippen LogP contribution >= 0.6 is 27.3 Å². The van der Waals surface area contributed by atoms with Crippen LogP contribution in [0, 0.1) is 0 Å². The van der Waals surface area contributed by atoms with E-state index in [0.29, 0.717) is 0 Å². The second-order valence-corrected chi connectivity index (χ2v) is 6.21. The van der Waals surface area contributed by atoms with E-state index in [-0.39, 0.29) is 0 Å². The molecule has 2 aromatic heterocycles. The van der Waals surface area contributed by atoms with Crippen molar-refractivity contribution < 1.29 is 0 Å². The van der Waals surface area contributed by atoms with Gasteiger partial charge in [-0.25, -0.2) is 4.98 Å². The minimum absolute atomic E-state index is 0.766. The molecule has 0 atom stereocenters. The Kier molecular flexibility index (Phi) is 3.48. The van der Waals surface area contributed by atoms with Gasteiger partial charge in [-0.2, -0.15) is 0 Å². The monoisotopic (exact) mass is 333 g/mol. The molecule has 3 nitrogen and oxygen atoms in total. The molecular formula is C14H12BrN3S. The molecule has 0 aliphatic carbocycles. The molecule has 3 rings (SSSR count). The first-order valence-corrected chi connectivity index (χ1v) is 7.50. The van der Waals surface area contributed by atoms with Crippen molar-refractivity contribution >= 4 is 42.6 Å². The molecule has 0 aliphatic rings. The van der Waals surface area contributed by atoms with Gasteiger partial charge in [0, 0.05) is 17.7 Å². The van der Waals surface area contributed by atoms with Gasteiger partial charge in [0.1, 0.15) is 0 Å². The number of halogens is 1. The Bertz CT molecular complexity index is 696. The average molecular weight is 334 g/mol. The zero-order valence-electron chi connectivity index (χ0n) is 10.4. The van der Waals surface area contributed by atoms with E-state index >= 15 is 0 Å². The number of hydrogen-bond acceptors (Lipinski definition) is 4. The quantitative estimate of drug-likeness (QED) is 0.722. The first-order chi connectivity index (χ1) is 9.22. The third kappa shape index (κ3) is 2.77. The van der Waals surface area contributed by atoms with Crippen LogP contribution in [0.25, 0.3) is 10.2 Å². The molecule has 1 aromatic carbocycles. The lowest BCUT2D eigenvalue weighted by atomic mass is 10.3. The van der Waals surface area contributed by atoms with Crippen LogP contribution in [0.3, 0.4) is 0 Å². The summed E-state index contributed by atoms with van der Waals surface area (Å²) in [5.41, 5.74) is 2.08. The van der Waals surface area contributed by atoms with Gasteiger partial charge in [0.05, 0.1) is 22.5 Å². The van der Waals surface area contributed by atoms with Crippen molar-refractivity contribution in [1.82, 2.24) is 9.97 Å². The molecule has 0 saturated carbocycles. The molecule has 19 heavy (non-hydrogen) atoms. The number of fused-ring (bicyclic) bond motifs is 1. The van der Waals surface area contributed by atoms with Crippen LogP contribution in [0.4, 0.5) is 5.13 Å². The van der Waals surface area contributed by atoms with E-state index < -0.39 is 0 Å². The number of hydrogen-bond donors (Lipinski definition) is 0. The molecule has 0 N–H and O–H groups in total. The number of benzene rings is 1. The lowest BCUT2D eigenvalue weighted by Crippen LogP contribution is -2.16. The molecule has 0 aliphatic heterocycles. The van der Waals surface area contributed by atoms with Crippen molar-refractivity contribution in [3.05, 3.63) is 52.8 Å². The van der Waals surface area contributed by atoms with E-state index in [0.717, 1.165) is 27.4 Å². The molecule has 3 aromatic rings. The van der Waals surface area contributed by atoms with Crippen molar-refractivity contribution in [3.8, 4) is 0 Å². The lowest BCUT2D eigenvalue weighted by molar-refractivity contribution is 0.881. The Hall–Kier alpha value is -1.46. The number of thiazole rings is 1. The average Bonchev–Trinajstić information content (AvgIpc) is 2.83. The summed E-state index contributed by atoms with van der Waals surface area (Å²) in [6.07, 6.45) is 1.82.